The number of hydrogen-bond acceptors (Lipinski definition) is 4. The molecule has 0 bridgehead atoms. The smallest absolute Gasteiger partial charge is 0.335 e. The topological polar surface area (TPSA) is 93.6 Å². The van der Waals surface area contributed by atoms with Crippen molar-refractivity contribution in [2.24, 2.45) is 0 Å². The number of rotatable bonds is 8. The van der Waals surface area contributed by atoms with Gasteiger partial charge >= 0.3 is 5.97 Å². The van der Waals surface area contributed by atoms with Gasteiger partial charge in [-0.2, -0.15) is 0 Å². The third-order valence-electron chi connectivity index (χ3n) is 4.42. The first kappa shape index (κ1) is 21.0. The van der Waals surface area contributed by atoms with Crippen LogP contribution in [0.3, 0.4) is 0 Å². The van der Waals surface area contributed by atoms with E-state index in [1.54, 1.807) is 18.2 Å². The lowest BCUT2D eigenvalue weighted by Gasteiger charge is -2.11. The van der Waals surface area contributed by atoms with Crippen LogP contribution in [0.4, 0.5) is 0 Å². The molecule has 1 heterocycles. The van der Waals surface area contributed by atoms with Gasteiger partial charge in [-0.25, -0.2) is 9.48 Å². The number of carboxylic acids is 1. The summed E-state index contributed by atoms with van der Waals surface area (Å²) >= 11 is 0. The number of benzene rings is 2. The third kappa shape index (κ3) is 4.46. The molecule has 156 valence electrons. The summed E-state index contributed by atoms with van der Waals surface area (Å²) in [6, 6.07) is 11.5. The van der Waals surface area contributed by atoms with Crippen LogP contribution in [-0.4, -0.2) is 34.1 Å². The maximum Gasteiger partial charge on any atom is 0.335 e. The van der Waals surface area contributed by atoms with E-state index in [1.807, 2.05) is 32.0 Å². The summed E-state index contributed by atoms with van der Waals surface area (Å²) in [6.45, 7) is 8.95. The number of ether oxygens (including phenoxy) is 2. The molecule has 0 amide bonds. The fourth-order valence-electron chi connectivity index (χ4n) is 2.96. The molecular weight excluding hydrogens is 384 g/mol. The van der Waals surface area contributed by atoms with Crippen molar-refractivity contribution in [1.82, 2.24) is 9.78 Å². The van der Waals surface area contributed by atoms with Crippen LogP contribution in [0.15, 0.2) is 47.3 Å². The highest BCUT2D eigenvalue weighted by Crippen LogP contribution is 2.28. The third-order valence-corrected chi connectivity index (χ3v) is 4.42. The van der Waals surface area contributed by atoms with E-state index in [0.29, 0.717) is 41.0 Å². The Balaban J connectivity index is 2.02. The van der Waals surface area contributed by atoms with Gasteiger partial charge in [0.25, 0.3) is 5.56 Å². The van der Waals surface area contributed by atoms with Crippen LogP contribution >= 0.6 is 0 Å². The molecule has 7 nitrogen and oxygen atoms in total. The highest BCUT2D eigenvalue weighted by molar-refractivity contribution is 5.87. The predicted molar refractivity (Wildman–Crippen MR) is 115 cm³/mol. The van der Waals surface area contributed by atoms with Crippen LogP contribution in [0.25, 0.3) is 18.3 Å². The van der Waals surface area contributed by atoms with E-state index in [4.69, 9.17) is 14.6 Å². The second-order valence-corrected chi connectivity index (χ2v) is 6.63. The Hall–Kier alpha value is -3.74. The molecule has 0 aliphatic heterocycles. The van der Waals surface area contributed by atoms with Gasteiger partial charge in [0.1, 0.15) is 0 Å². The zero-order chi connectivity index (χ0) is 21.7. The monoisotopic (exact) mass is 408 g/mol. The Morgan fingerprint density at radius 1 is 1.13 bits per heavy atom. The van der Waals surface area contributed by atoms with E-state index in [9.17, 15) is 9.59 Å². The van der Waals surface area contributed by atoms with Crippen LogP contribution in [-0.2, 0) is 0 Å². The number of hydrogen-bond donors (Lipinski definition) is 2. The second-order valence-electron chi connectivity index (χ2n) is 6.63. The van der Waals surface area contributed by atoms with Gasteiger partial charge in [0.05, 0.1) is 35.0 Å². The van der Waals surface area contributed by atoms with Gasteiger partial charge in [0, 0.05) is 0 Å². The van der Waals surface area contributed by atoms with Gasteiger partial charge in [-0.05, 0) is 61.4 Å². The van der Waals surface area contributed by atoms with E-state index in [0.717, 1.165) is 12.0 Å². The fourth-order valence-corrected chi connectivity index (χ4v) is 2.96. The minimum Gasteiger partial charge on any atom is -0.490 e. The Kier molecular flexibility index (Phi) is 6.41. The van der Waals surface area contributed by atoms with E-state index < -0.39 is 5.97 Å². The lowest BCUT2D eigenvalue weighted by Crippen LogP contribution is -2.33. The standard InChI is InChI=1S/C23H24N2O5/c1-4-12-30-20-11-6-16(14-21(20)29-5-2)13-19-15(3)24-25(22(19)26)18-9-7-17(8-10-18)23(27)28/h6-11,13-14,24H,3-5,12H2,1-2H3,(H,27,28)/b19-13-. The first-order chi connectivity index (χ1) is 14.4. The first-order valence-electron chi connectivity index (χ1n) is 9.69. The van der Waals surface area contributed by atoms with Gasteiger partial charge in [-0.1, -0.05) is 19.6 Å². The summed E-state index contributed by atoms with van der Waals surface area (Å²) in [7, 11) is 0. The van der Waals surface area contributed by atoms with Crippen LogP contribution in [0.2, 0.25) is 0 Å². The van der Waals surface area contributed by atoms with E-state index >= 15 is 0 Å². The highest BCUT2D eigenvalue weighted by atomic mass is 16.5. The molecule has 0 radical (unpaired) electrons. The van der Waals surface area contributed by atoms with E-state index in [2.05, 4.69) is 11.7 Å². The molecule has 0 saturated carbocycles. The molecule has 2 aromatic carbocycles. The van der Waals surface area contributed by atoms with Crippen molar-refractivity contribution in [1.29, 1.82) is 0 Å². The zero-order valence-electron chi connectivity index (χ0n) is 17.0. The van der Waals surface area contributed by atoms with E-state index in [-0.39, 0.29) is 11.1 Å². The Morgan fingerprint density at radius 2 is 1.87 bits per heavy atom. The van der Waals surface area contributed by atoms with Crippen LogP contribution in [0.5, 0.6) is 11.5 Å². The quantitative estimate of drug-likeness (QED) is 0.597. The van der Waals surface area contributed by atoms with Gasteiger partial charge < -0.3 is 14.6 Å². The summed E-state index contributed by atoms with van der Waals surface area (Å²) in [5.41, 5.74) is 1.16. The van der Waals surface area contributed by atoms with Crippen molar-refractivity contribution in [2.75, 3.05) is 13.2 Å². The normalized spacial score (nSPS) is 11.5. The number of carbonyl (C=O) groups is 1. The van der Waals surface area contributed by atoms with Crippen LogP contribution in [0.1, 0.15) is 36.2 Å². The largest absolute Gasteiger partial charge is 0.490 e. The van der Waals surface area contributed by atoms with Crippen molar-refractivity contribution < 1.29 is 19.4 Å². The SMILES string of the molecule is C=c1[nH]n(-c2ccc(C(=O)O)cc2)c(=O)/c1=C\c1ccc(OCCC)c(OCC)c1. The summed E-state index contributed by atoms with van der Waals surface area (Å²) in [5, 5.41) is 12.8. The lowest BCUT2D eigenvalue weighted by atomic mass is 10.1. The Bertz CT molecular complexity index is 1210. The molecule has 3 aromatic rings. The molecule has 0 aliphatic rings. The summed E-state index contributed by atoms with van der Waals surface area (Å²) < 4.78 is 12.7. The average Bonchev–Trinajstić information content (AvgIpc) is 3.02. The lowest BCUT2D eigenvalue weighted by molar-refractivity contribution is 0.0697. The molecular formula is C23H24N2O5. The van der Waals surface area contributed by atoms with Gasteiger partial charge in [0.15, 0.2) is 11.5 Å². The van der Waals surface area contributed by atoms with Crippen molar-refractivity contribution >= 4 is 18.6 Å². The molecule has 0 spiro atoms. The summed E-state index contributed by atoms with van der Waals surface area (Å²) in [6.07, 6.45) is 2.62. The molecule has 0 saturated heterocycles. The molecule has 0 fully saturated rings. The summed E-state index contributed by atoms with van der Waals surface area (Å²) in [5.74, 6) is 0.254. The Labute approximate surface area is 173 Å². The molecule has 7 heteroatoms. The molecule has 3 rings (SSSR count). The predicted octanol–water partition coefficient (Wildman–Crippen LogP) is 2.29. The maximum atomic E-state index is 12.9. The van der Waals surface area contributed by atoms with Crippen LogP contribution < -0.4 is 25.6 Å². The summed E-state index contributed by atoms with van der Waals surface area (Å²) in [4.78, 5) is 23.9. The van der Waals surface area contributed by atoms with Gasteiger partial charge in [-0.15, -0.1) is 0 Å². The van der Waals surface area contributed by atoms with Gasteiger partial charge in [0.2, 0.25) is 0 Å². The first-order valence-corrected chi connectivity index (χ1v) is 9.69. The number of nitrogens with one attached hydrogen (secondary N) is 1. The number of carboxylic acid groups (broad SMARTS) is 1. The molecule has 0 unspecified atom stereocenters. The van der Waals surface area contributed by atoms with E-state index in [1.165, 1.54) is 16.8 Å². The number of aromatic amines is 1. The van der Waals surface area contributed by atoms with Crippen LogP contribution in [0, 0.1) is 0 Å². The molecule has 0 atom stereocenters. The van der Waals surface area contributed by atoms with Crippen molar-refractivity contribution in [3.63, 3.8) is 0 Å². The molecule has 30 heavy (non-hydrogen) atoms. The molecule has 1 aromatic heterocycles. The molecule has 2 N–H and O–H groups in total. The minimum absolute atomic E-state index is 0.147. The van der Waals surface area contributed by atoms with Gasteiger partial charge in [-0.3, -0.25) is 9.89 Å². The fraction of sp³-hybridized carbons (Fsp3) is 0.217. The number of H-pyrrole nitrogens is 1. The number of aromatic nitrogens is 2. The van der Waals surface area contributed by atoms with Crippen molar-refractivity contribution in [3.05, 3.63) is 74.5 Å². The number of aromatic carboxylic acids is 1. The minimum atomic E-state index is -1.02. The van der Waals surface area contributed by atoms with Crippen molar-refractivity contribution in [2.45, 2.75) is 20.3 Å². The van der Waals surface area contributed by atoms with Crippen molar-refractivity contribution in [3.8, 4) is 17.2 Å². The molecule has 0 aliphatic carbocycles. The maximum absolute atomic E-state index is 12.9. The highest BCUT2D eigenvalue weighted by Gasteiger charge is 2.09. The Morgan fingerprint density at radius 3 is 2.50 bits per heavy atom. The number of nitrogens with zero attached hydrogens (tertiary/aromatic N) is 1. The zero-order valence-corrected chi connectivity index (χ0v) is 17.0. The average molecular weight is 408 g/mol. The second kappa shape index (κ2) is 9.17.